The van der Waals surface area contributed by atoms with Crippen LogP contribution in [0.15, 0.2) is 30.3 Å². The first-order chi connectivity index (χ1) is 7.06. The molecule has 0 radical (unpaired) electrons. The third kappa shape index (κ3) is 3.25. The van der Waals surface area contributed by atoms with E-state index in [9.17, 15) is 9.90 Å². The van der Waals surface area contributed by atoms with Gasteiger partial charge in [-0.15, -0.1) is 0 Å². The van der Waals surface area contributed by atoms with Gasteiger partial charge >= 0.3 is 5.97 Å². The van der Waals surface area contributed by atoms with Gasteiger partial charge in [0.2, 0.25) is 0 Å². The Bertz CT molecular complexity index is 319. The van der Waals surface area contributed by atoms with Crippen molar-refractivity contribution < 1.29 is 19.4 Å². The molecule has 1 N–H and O–H groups in total. The normalized spacial score (nSPS) is 14.1. The lowest BCUT2D eigenvalue weighted by Gasteiger charge is -2.20. The van der Waals surface area contributed by atoms with Crippen LogP contribution in [0.25, 0.3) is 0 Å². The Morgan fingerprint density at radius 2 is 2.00 bits per heavy atom. The minimum atomic E-state index is -1.62. The summed E-state index contributed by atoms with van der Waals surface area (Å²) in [4.78, 5) is 11.1. The molecular formula is C11H14O4. The van der Waals surface area contributed by atoms with Crippen molar-refractivity contribution in [2.24, 2.45) is 0 Å². The molecule has 0 aliphatic carbocycles. The average molecular weight is 210 g/mol. The first kappa shape index (κ1) is 11.5. The maximum atomic E-state index is 11.1. The molecule has 0 aliphatic heterocycles. The molecule has 0 amide bonds. The zero-order chi connectivity index (χ0) is 11.3. The third-order valence-electron chi connectivity index (χ3n) is 1.89. The van der Waals surface area contributed by atoms with Crippen LogP contribution in [0.4, 0.5) is 0 Å². The van der Waals surface area contributed by atoms with Crippen molar-refractivity contribution in [3.05, 3.63) is 30.3 Å². The van der Waals surface area contributed by atoms with E-state index in [-0.39, 0.29) is 6.61 Å². The topological polar surface area (TPSA) is 55.8 Å². The lowest BCUT2D eigenvalue weighted by Crippen LogP contribution is -2.42. The fourth-order valence-corrected chi connectivity index (χ4v) is 1.02. The van der Waals surface area contributed by atoms with Gasteiger partial charge in [-0.25, -0.2) is 4.79 Å². The Hall–Kier alpha value is -1.55. The largest absolute Gasteiger partial charge is 0.490 e. The Morgan fingerprint density at radius 1 is 1.40 bits per heavy atom. The molecule has 0 heterocycles. The highest BCUT2D eigenvalue weighted by Crippen LogP contribution is 2.12. The summed E-state index contributed by atoms with van der Waals surface area (Å²) in [6.07, 6.45) is 0. The van der Waals surface area contributed by atoms with Gasteiger partial charge in [-0.3, -0.25) is 0 Å². The van der Waals surface area contributed by atoms with Crippen LogP contribution in [0.5, 0.6) is 5.75 Å². The van der Waals surface area contributed by atoms with Crippen LogP contribution < -0.4 is 4.74 Å². The van der Waals surface area contributed by atoms with Gasteiger partial charge in [0, 0.05) is 0 Å². The van der Waals surface area contributed by atoms with Crippen molar-refractivity contribution >= 4 is 5.97 Å². The van der Waals surface area contributed by atoms with Gasteiger partial charge in [0.15, 0.2) is 5.60 Å². The van der Waals surface area contributed by atoms with E-state index in [4.69, 9.17) is 4.74 Å². The van der Waals surface area contributed by atoms with E-state index in [1.165, 1.54) is 14.0 Å². The highest BCUT2D eigenvalue weighted by molar-refractivity contribution is 5.78. The van der Waals surface area contributed by atoms with Crippen LogP contribution in [-0.4, -0.2) is 30.4 Å². The maximum Gasteiger partial charge on any atom is 0.341 e. The summed E-state index contributed by atoms with van der Waals surface area (Å²) in [5, 5.41) is 9.64. The zero-order valence-corrected chi connectivity index (χ0v) is 8.77. The number of carbonyl (C=O) groups excluding carboxylic acids is 1. The van der Waals surface area contributed by atoms with Crippen LogP contribution >= 0.6 is 0 Å². The molecule has 82 valence electrons. The van der Waals surface area contributed by atoms with Gasteiger partial charge in [0.25, 0.3) is 0 Å². The number of hydrogen-bond acceptors (Lipinski definition) is 4. The number of hydrogen-bond donors (Lipinski definition) is 1. The number of methoxy groups -OCH3 is 1. The smallest absolute Gasteiger partial charge is 0.341 e. The Labute approximate surface area is 88.4 Å². The number of benzene rings is 1. The highest BCUT2D eigenvalue weighted by Gasteiger charge is 2.32. The van der Waals surface area contributed by atoms with Gasteiger partial charge in [-0.1, -0.05) is 18.2 Å². The van der Waals surface area contributed by atoms with E-state index in [1.54, 1.807) is 12.1 Å². The summed E-state index contributed by atoms with van der Waals surface area (Å²) in [5.74, 6) is -0.111. The van der Waals surface area contributed by atoms with Gasteiger partial charge in [-0.05, 0) is 19.1 Å². The van der Waals surface area contributed by atoms with Crippen molar-refractivity contribution in [2.45, 2.75) is 12.5 Å². The summed E-state index contributed by atoms with van der Waals surface area (Å²) in [6.45, 7) is 1.21. The van der Waals surface area contributed by atoms with Gasteiger partial charge in [0.05, 0.1) is 7.11 Å². The molecule has 1 aromatic rings. The van der Waals surface area contributed by atoms with Gasteiger partial charge in [-0.2, -0.15) is 0 Å². The maximum absolute atomic E-state index is 11.1. The number of ether oxygens (including phenoxy) is 2. The van der Waals surface area contributed by atoms with Gasteiger partial charge < -0.3 is 14.6 Å². The Kier molecular flexibility index (Phi) is 3.68. The Morgan fingerprint density at radius 3 is 2.53 bits per heavy atom. The molecule has 0 saturated carbocycles. The molecule has 1 aromatic carbocycles. The molecule has 0 spiro atoms. The predicted octanol–water partition coefficient (Wildman–Crippen LogP) is 0.989. The van der Waals surface area contributed by atoms with Crippen LogP contribution in [0.1, 0.15) is 6.92 Å². The van der Waals surface area contributed by atoms with E-state index in [2.05, 4.69) is 4.74 Å². The summed E-state index contributed by atoms with van der Waals surface area (Å²) < 4.78 is 9.68. The fraction of sp³-hybridized carbons (Fsp3) is 0.364. The zero-order valence-electron chi connectivity index (χ0n) is 8.77. The number of para-hydroxylation sites is 1. The number of esters is 1. The molecule has 4 nitrogen and oxygen atoms in total. The SMILES string of the molecule is COC(=O)C(C)(O)COc1ccccc1. The molecule has 0 bridgehead atoms. The summed E-state index contributed by atoms with van der Waals surface area (Å²) in [7, 11) is 1.22. The van der Waals surface area contributed by atoms with Crippen LogP contribution in [0.2, 0.25) is 0 Å². The second-order valence-electron chi connectivity index (χ2n) is 3.37. The summed E-state index contributed by atoms with van der Waals surface area (Å²) in [5.41, 5.74) is -1.62. The molecule has 1 rings (SSSR count). The van der Waals surface area contributed by atoms with Crippen molar-refractivity contribution in [1.29, 1.82) is 0 Å². The summed E-state index contributed by atoms with van der Waals surface area (Å²) >= 11 is 0. The van der Waals surface area contributed by atoms with E-state index < -0.39 is 11.6 Å². The molecule has 0 fully saturated rings. The molecule has 1 unspecified atom stereocenters. The highest BCUT2D eigenvalue weighted by atomic mass is 16.6. The molecule has 0 saturated heterocycles. The standard InChI is InChI=1S/C11H14O4/c1-11(13,10(12)14-2)8-15-9-6-4-3-5-7-9/h3-7,13H,8H2,1-2H3. The van der Waals surface area contributed by atoms with Crippen molar-refractivity contribution in [1.82, 2.24) is 0 Å². The second-order valence-corrected chi connectivity index (χ2v) is 3.37. The number of rotatable bonds is 4. The predicted molar refractivity (Wildman–Crippen MR) is 54.6 cm³/mol. The molecule has 4 heteroatoms. The van der Waals surface area contributed by atoms with Crippen LogP contribution in [0.3, 0.4) is 0 Å². The second kappa shape index (κ2) is 4.79. The number of carbonyl (C=O) groups is 1. The first-order valence-corrected chi connectivity index (χ1v) is 4.55. The first-order valence-electron chi connectivity index (χ1n) is 4.55. The molecular weight excluding hydrogens is 196 g/mol. The van der Waals surface area contributed by atoms with E-state index in [1.807, 2.05) is 18.2 Å². The molecule has 15 heavy (non-hydrogen) atoms. The molecule has 0 aliphatic rings. The molecule has 0 aromatic heterocycles. The quantitative estimate of drug-likeness (QED) is 0.753. The third-order valence-corrected chi connectivity index (χ3v) is 1.89. The minimum Gasteiger partial charge on any atom is -0.490 e. The van der Waals surface area contributed by atoms with Crippen molar-refractivity contribution in [3.8, 4) is 5.75 Å². The number of aliphatic hydroxyl groups is 1. The van der Waals surface area contributed by atoms with E-state index in [0.29, 0.717) is 5.75 Å². The monoisotopic (exact) mass is 210 g/mol. The minimum absolute atomic E-state index is 0.135. The van der Waals surface area contributed by atoms with Crippen LogP contribution in [-0.2, 0) is 9.53 Å². The summed E-state index contributed by atoms with van der Waals surface area (Å²) in [6, 6.07) is 8.95. The lowest BCUT2D eigenvalue weighted by atomic mass is 10.1. The van der Waals surface area contributed by atoms with Crippen molar-refractivity contribution in [2.75, 3.05) is 13.7 Å². The molecule has 1 atom stereocenters. The average Bonchev–Trinajstić information content (AvgIpc) is 2.27. The van der Waals surface area contributed by atoms with Crippen molar-refractivity contribution in [3.63, 3.8) is 0 Å². The van der Waals surface area contributed by atoms with E-state index in [0.717, 1.165) is 0 Å². The Balaban J connectivity index is 2.53. The van der Waals surface area contributed by atoms with Gasteiger partial charge in [0.1, 0.15) is 12.4 Å². The lowest BCUT2D eigenvalue weighted by molar-refractivity contribution is -0.163. The van der Waals surface area contributed by atoms with Crippen LogP contribution in [0, 0.1) is 0 Å². The fourth-order valence-electron chi connectivity index (χ4n) is 1.02. The van der Waals surface area contributed by atoms with E-state index >= 15 is 0 Å².